The fraction of sp³-hybridized carbons (Fsp3) is 0.583. The Labute approximate surface area is 85.7 Å². The second-order valence-corrected chi connectivity index (χ2v) is 4.25. The van der Waals surface area contributed by atoms with Gasteiger partial charge in [0.25, 0.3) is 0 Å². The number of fused-ring (bicyclic) bond motifs is 1. The van der Waals surface area contributed by atoms with E-state index in [1.807, 2.05) is 0 Å². The highest BCUT2D eigenvalue weighted by Crippen LogP contribution is 2.23. The van der Waals surface area contributed by atoms with Gasteiger partial charge >= 0.3 is 0 Å². The van der Waals surface area contributed by atoms with E-state index in [0.29, 0.717) is 5.92 Å². The lowest BCUT2D eigenvalue weighted by molar-refractivity contribution is 0.747. The molecule has 2 nitrogen and oxygen atoms in total. The molecule has 0 unspecified atom stereocenters. The van der Waals surface area contributed by atoms with Crippen LogP contribution in [0.3, 0.4) is 0 Å². The molecule has 2 heteroatoms. The molecule has 1 aliphatic rings. The van der Waals surface area contributed by atoms with Gasteiger partial charge in [0.2, 0.25) is 0 Å². The first-order valence-corrected chi connectivity index (χ1v) is 5.44. The van der Waals surface area contributed by atoms with Gasteiger partial charge < -0.3 is 5.32 Å². The van der Waals surface area contributed by atoms with Gasteiger partial charge in [-0.15, -0.1) is 0 Å². The Kier molecular flexibility index (Phi) is 2.55. The van der Waals surface area contributed by atoms with Gasteiger partial charge in [0.05, 0.1) is 5.69 Å². The summed E-state index contributed by atoms with van der Waals surface area (Å²) in [7, 11) is 0. The maximum atomic E-state index is 4.76. The van der Waals surface area contributed by atoms with E-state index < -0.39 is 0 Å². The third-order valence-corrected chi connectivity index (χ3v) is 2.84. The molecule has 2 rings (SSSR count). The number of pyridine rings is 1. The number of rotatable bonds is 2. The van der Waals surface area contributed by atoms with E-state index in [4.69, 9.17) is 4.98 Å². The van der Waals surface area contributed by atoms with Crippen molar-refractivity contribution in [1.29, 1.82) is 0 Å². The van der Waals surface area contributed by atoms with E-state index in [1.165, 1.54) is 22.5 Å². The molecule has 0 aliphatic carbocycles. The summed E-state index contributed by atoms with van der Waals surface area (Å²) in [4.78, 5) is 4.76. The molecule has 76 valence electrons. The summed E-state index contributed by atoms with van der Waals surface area (Å²) in [5.41, 5.74) is 5.36. The lowest BCUT2D eigenvalue weighted by atomic mass is 9.99. The summed E-state index contributed by atoms with van der Waals surface area (Å²) < 4.78 is 0. The third-order valence-electron chi connectivity index (χ3n) is 2.84. The van der Waals surface area contributed by atoms with Crippen LogP contribution in [0.2, 0.25) is 0 Å². The molecule has 0 aromatic carbocycles. The summed E-state index contributed by atoms with van der Waals surface area (Å²) >= 11 is 0. The molecule has 1 aromatic rings. The highest BCUT2D eigenvalue weighted by atomic mass is 14.9. The Bertz CT molecular complexity index is 342. The van der Waals surface area contributed by atoms with Crippen LogP contribution in [0.4, 0.5) is 0 Å². The number of hydrogen-bond donors (Lipinski definition) is 1. The Balaban J connectivity index is 2.49. The molecule has 0 spiro atoms. The Morgan fingerprint density at radius 2 is 2.21 bits per heavy atom. The topological polar surface area (TPSA) is 24.9 Å². The maximum Gasteiger partial charge on any atom is 0.0590 e. The largest absolute Gasteiger partial charge is 0.307 e. The summed E-state index contributed by atoms with van der Waals surface area (Å²) in [6.45, 7) is 8.58. The van der Waals surface area contributed by atoms with Crippen LogP contribution in [0.5, 0.6) is 0 Å². The van der Waals surface area contributed by atoms with Crippen molar-refractivity contribution < 1.29 is 0 Å². The summed E-state index contributed by atoms with van der Waals surface area (Å²) in [5.74, 6) is 0.538. The molecule has 0 amide bonds. The number of nitrogens with one attached hydrogen (secondary N) is 1. The zero-order valence-corrected chi connectivity index (χ0v) is 9.22. The van der Waals surface area contributed by atoms with Gasteiger partial charge in [0.15, 0.2) is 0 Å². The number of hydrogen-bond acceptors (Lipinski definition) is 2. The van der Waals surface area contributed by atoms with Crippen LogP contribution < -0.4 is 5.32 Å². The van der Waals surface area contributed by atoms with Crippen LogP contribution in [0, 0.1) is 0 Å². The van der Waals surface area contributed by atoms with Gasteiger partial charge in [0, 0.05) is 18.8 Å². The zero-order chi connectivity index (χ0) is 10.1. The van der Waals surface area contributed by atoms with Crippen LogP contribution in [0.1, 0.15) is 49.2 Å². The normalized spacial score (nSPS) is 14.9. The van der Waals surface area contributed by atoms with Gasteiger partial charge in [-0.3, -0.25) is 4.98 Å². The van der Waals surface area contributed by atoms with Crippen molar-refractivity contribution in [3.8, 4) is 0 Å². The minimum atomic E-state index is 0.538. The predicted molar refractivity (Wildman–Crippen MR) is 58.2 cm³/mol. The van der Waals surface area contributed by atoms with Crippen LogP contribution in [0.15, 0.2) is 6.07 Å². The van der Waals surface area contributed by atoms with Crippen LogP contribution in [0.25, 0.3) is 0 Å². The first-order valence-electron chi connectivity index (χ1n) is 5.44. The fourth-order valence-corrected chi connectivity index (χ4v) is 2.06. The highest BCUT2D eigenvalue weighted by molar-refractivity contribution is 5.34. The van der Waals surface area contributed by atoms with Crippen LogP contribution in [-0.2, 0) is 19.5 Å². The Morgan fingerprint density at radius 3 is 2.86 bits per heavy atom. The molecule has 2 heterocycles. The Morgan fingerprint density at radius 1 is 1.43 bits per heavy atom. The van der Waals surface area contributed by atoms with Crippen molar-refractivity contribution >= 4 is 0 Å². The minimum Gasteiger partial charge on any atom is -0.307 e. The van der Waals surface area contributed by atoms with Crippen molar-refractivity contribution in [2.75, 3.05) is 0 Å². The first-order chi connectivity index (χ1) is 6.72. The van der Waals surface area contributed by atoms with Crippen molar-refractivity contribution in [3.63, 3.8) is 0 Å². The standard InChI is InChI=1S/C12H18N2/c1-4-9-5-10-6-13-7-11(10)14-12(9)8(2)3/h5,8,13H,4,6-7H2,1-3H3. The SMILES string of the molecule is CCc1cc2c(nc1C(C)C)CNC2. The van der Waals surface area contributed by atoms with Gasteiger partial charge in [-0.2, -0.15) is 0 Å². The summed E-state index contributed by atoms with van der Waals surface area (Å²) in [6, 6.07) is 2.33. The molecular weight excluding hydrogens is 172 g/mol. The smallest absolute Gasteiger partial charge is 0.0590 e. The van der Waals surface area contributed by atoms with E-state index in [1.54, 1.807) is 0 Å². The molecular formula is C12H18N2. The first kappa shape index (κ1) is 9.66. The molecule has 14 heavy (non-hydrogen) atoms. The number of aromatic nitrogens is 1. The van der Waals surface area contributed by atoms with Crippen molar-refractivity contribution in [2.24, 2.45) is 0 Å². The minimum absolute atomic E-state index is 0.538. The fourth-order valence-electron chi connectivity index (χ4n) is 2.06. The highest BCUT2D eigenvalue weighted by Gasteiger charge is 2.16. The van der Waals surface area contributed by atoms with E-state index >= 15 is 0 Å². The van der Waals surface area contributed by atoms with Crippen molar-refractivity contribution in [1.82, 2.24) is 10.3 Å². The summed E-state index contributed by atoms with van der Waals surface area (Å²) in [5, 5.41) is 3.34. The Hall–Kier alpha value is -0.890. The van der Waals surface area contributed by atoms with E-state index in [0.717, 1.165) is 19.5 Å². The van der Waals surface area contributed by atoms with Crippen molar-refractivity contribution in [3.05, 3.63) is 28.6 Å². The molecule has 0 fully saturated rings. The average Bonchev–Trinajstić information content (AvgIpc) is 2.62. The third kappa shape index (κ3) is 1.55. The lowest BCUT2D eigenvalue weighted by Crippen LogP contribution is -2.03. The summed E-state index contributed by atoms with van der Waals surface area (Å²) in [6.07, 6.45) is 1.09. The quantitative estimate of drug-likeness (QED) is 0.774. The van der Waals surface area contributed by atoms with E-state index in [9.17, 15) is 0 Å². The van der Waals surface area contributed by atoms with Gasteiger partial charge in [-0.25, -0.2) is 0 Å². The molecule has 0 saturated carbocycles. The second-order valence-electron chi connectivity index (χ2n) is 4.25. The molecule has 1 aromatic heterocycles. The molecule has 1 N–H and O–H groups in total. The molecule has 1 aliphatic heterocycles. The van der Waals surface area contributed by atoms with Gasteiger partial charge in [-0.1, -0.05) is 26.8 Å². The predicted octanol–water partition coefficient (Wildman–Crippen LogP) is 2.37. The average molecular weight is 190 g/mol. The molecule has 0 saturated heterocycles. The number of nitrogens with zero attached hydrogens (tertiary/aromatic N) is 1. The lowest BCUT2D eigenvalue weighted by Gasteiger charge is -2.12. The van der Waals surface area contributed by atoms with E-state index in [-0.39, 0.29) is 0 Å². The van der Waals surface area contributed by atoms with Gasteiger partial charge in [0.1, 0.15) is 0 Å². The molecule has 0 atom stereocenters. The van der Waals surface area contributed by atoms with E-state index in [2.05, 4.69) is 32.2 Å². The zero-order valence-electron chi connectivity index (χ0n) is 9.22. The monoisotopic (exact) mass is 190 g/mol. The van der Waals surface area contributed by atoms with Crippen LogP contribution >= 0.6 is 0 Å². The molecule has 0 radical (unpaired) electrons. The second kappa shape index (κ2) is 3.70. The maximum absolute atomic E-state index is 4.76. The van der Waals surface area contributed by atoms with Gasteiger partial charge in [-0.05, 0) is 23.5 Å². The van der Waals surface area contributed by atoms with Crippen LogP contribution in [-0.4, -0.2) is 4.98 Å². The van der Waals surface area contributed by atoms with Crippen molar-refractivity contribution in [2.45, 2.75) is 46.2 Å². The molecule has 0 bridgehead atoms. The number of aryl methyl sites for hydroxylation is 1.